The second-order valence-electron chi connectivity index (χ2n) is 10.3. The first kappa shape index (κ1) is 23.9. The Bertz CT molecular complexity index is 902. The highest BCUT2D eigenvalue weighted by molar-refractivity contribution is 6.62. The first-order valence-electron chi connectivity index (χ1n) is 10.8. The van der Waals surface area contributed by atoms with Gasteiger partial charge in [-0.3, -0.25) is 0 Å². The van der Waals surface area contributed by atoms with Crippen LogP contribution in [0.5, 0.6) is 11.5 Å². The van der Waals surface area contributed by atoms with Crippen molar-refractivity contribution in [1.29, 1.82) is 0 Å². The van der Waals surface area contributed by atoms with Gasteiger partial charge in [0.1, 0.15) is 11.5 Å². The highest BCUT2D eigenvalue weighted by Gasteiger charge is 2.51. The van der Waals surface area contributed by atoms with Gasteiger partial charge in [0.2, 0.25) is 0 Å². The molecular weight excluding hydrogens is 390 g/mol. The highest BCUT2D eigenvalue weighted by atomic mass is 16.7. The van der Waals surface area contributed by atoms with Crippen molar-refractivity contribution in [3.8, 4) is 11.5 Å². The monoisotopic (exact) mass is 424 g/mol. The lowest BCUT2D eigenvalue weighted by molar-refractivity contribution is -0.0893. The maximum atomic E-state index is 10.3. The smallest absolute Gasteiger partial charge is 0.457 e. The molecule has 0 bridgehead atoms. The van der Waals surface area contributed by atoms with Crippen LogP contribution in [0.3, 0.4) is 0 Å². The van der Waals surface area contributed by atoms with Gasteiger partial charge in [-0.25, -0.2) is 0 Å². The summed E-state index contributed by atoms with van der Waals surface area (Å²) in [6, 6.07) is 15.6. The van der Waals surface area contributed by atoms with Crippen molar-refractivity contribution in [2.24, 2.45) is 0 Å². The van der Waals surface area contributed by atoms with Crippen molar-refractivity contribution in [3.05, 3.63) is 48.5 Å². The van der Waals surface area contributed by atoms with Crippen LogP contribution < -0.4 is 15.7 Å². The molecule has 0 radical (unpaired) electrons. The summed E-state index contributed by atoms with van der Waals surface area (Å²) in [6.07, 6.45) is 0. The summed E-state index contributed by atoms with van der Waals surface area (Å²) < 4.78 is 24.4. The Labute approximate surface area is 187 Å². The maximum absolute atomic E-state index is 10.3. The molecule has 1 aliphatic rings. The minimum Gasteiger partial charge on any atom is -0.457 e. The number of benzene rings is 2. The molecule has 5 nitrogen and oxygen atoms in total. The van der Waals surface area contributed by atoms with Gasteiger partial charge < -0.3 is 23.8 Å². The average Bonchev–Trinajstić information content (AvgIpc) is 2.87. The Hall–Kier alpha value is -1.79. The molecular formula is C24H34B2O5. The summed E-state index contributed by atoms with van der Waals surface area (Å²) in [7, 11) is -0.0559. The Kier molecular flexibility index (Phi) is 6.38. The van der Waals surface area contributed by atoms with Crippen molar-refractivity contribution in [1.82, 2.24) is 0 Å². The summed E-state index contributed by atoms with van der Waals surface area (Å²) >= 11 is 0. The predicted molar refractivity (Wildman–Crippen MR) is 127 cm³/mol. The fourth-order valence-electron chi connectivity index (χ4n) is 2.98. The zero-order valence-corrected chi connectivity index (χ0v) is 20.0. The van der Waals surface area contributed by atoms with Crippen molar-refractivity contribution in [3.63, 3.8) is 0 Å². The first-order chi connectivity index (χ1) is 14.2. The molecule has 0 aliphatic carbocycles. The topological polar surface area (TPSA) is 57.2 Å². The standard InChI is InChI=1S/C24H34B2O5/c1-21(2,27)22(3,4)29-25-17-11-9-13-19(15-17)28-20-14-10-12-18(16-20)26-30-23(5,6)24(7,8)31-26/h9-16,25,27H,1-8H3. The third kappa shape index (κ3) is 5.35. The molecule has 166 valence electrons. The Morgan fingerprint density at radius 1 is 0.871 bits per heavy atom. The lowest BCUT2D eigenvalue weighted by Crippen LogP contribution is -2.49. The molecule has 0 aromatic heterocycles. The van der Waals surface area contributed by atoms with Gasteiger partial charge in [0.25, 0.3) is 0 Å². The van der Waals surface area contributed by atoms with E-state index in [1.807, 2.05) is 90.1 Å². The van der Waals surface area contributed by atoms with Crippen LogP contribution in [0.25, 0.3) is 0 Å². The normalized spacial score (nSPS) is 18.2. The fourth-order valence-corrected chi connectivity index (χ4v) is 2.98. The molecule has 1 N–H and O–H groups in total. The molecule has 1 fully saturated rings. The molecule has 0 unspecified atom stereocenters. The summed E-state index contributed by atoms with van der Waals surface area (Å²) in [5, 5.41) is 10.3. The molecule has 2 aromatic rings. The van der Waals surface area contributed by atoms with Gasteiger partial charge in [0.05, 0.1) is 22.4 Å². The molecule has 2 aromatic carbocycles. The van der Waals surface area contributed by atoms with Crippen LogP contribution in [0.2, 0.25) is 0 Å². The molecule has 0 atom stereocenters. The minimum absolute atomic E-state index is 0.377. The lowest BCUT2D eigenvalue weighted by Gasteiger charge is -2.37. The van der Waals surface area contributed by atoms with E-state index in [-0.39, 0.29) is 11.2 Å². The average molecular weight is 424 g/mol. The van der Waals surface area contributed by atoms with Crippen LogP contribution in [-0.2, 0) is 14.0 Å². The molecule has 1 heterocycles. The van der Waals surface area contributed by atoms with Gasteiger partial charge in [-0.2, -0.15) is 0 Å². The number of hydrogen-bond acceptors (Lipinski definition) is 5. The zero-order valence-electron chi connectivity index (χ0n) is 20.0. The molecule has 31 heavy (non-hydrogen) atoms. The minimum atomic E-state index is -0.949. The molecule has 1 saturated heterocycles. The summed E-state index contributed by atoms with van der Waals surface area (Å²) in [6.45, 7) is 15.4. The summed E-state index contributed by atoms with van der Waals surface area (Å²) in [5.41, 5.74) is -0.519. The Morgan fingerprint density at radius 3 is 2.00 bits per heavy atom. The van der Waals surface area contributed by atoms with Crippen molar-refractivity contribution in [2.75, 3.05) is 0 Å². The van der Waals surface area contributed by atoms with Gasteiger partial charge >= 0.3 is 14.6 Å². The van der Waals surface area contributed by atoms with E-state index in [0.717, 1.165) is 10.9 Å². The third-order valence-corrected chi connectivity index (χ3v) is 6.59. The van der Waals surface area contributed by atoms with Gasteiger partial charge in [0.15, 0.2) is 0 Å². The molecule has 3 rings (SSSR count). The van der Waals surface area contributed by atoms with E-state index in [2.05, 4.69) is 0 Å². The maximum Gasteiger partial charge on any atom is 0.494 e. The molecule has 0 spiro atoms. The number of ether oxygens (including phenoxy) is 1. The van der Waals surface area contributed by atoms with E-state index in [9.17, 15) is 5.11 Å². The second-order valence-corrected chi connectivity index (χ2v) is 10.3. The molecule has 7 heteroatoms. The van der Waals surface area contributed by atoms with E-state index in [1.165, 1.54) is 0 Å². The number of aliphatic hydroxyl groups is 1. The largest absolute Gasteiger partial charge is 0.494 e. The van der Waals surface area contributed by atoms with E-state index in [1.54, 1.807) is 13.8 Å². The van der Waals surface area contributed by atoms with Gasteiger partial charge in [-0.15, -0.1) is 0 Å². The first-order valence-corrected chi connectivity index (χ1v) is 10.8. The van der Waals surface area contributed by atoms with Gasteiger partial charge in [0, 0.05) is 0 Å². The zero-order chi connectivity index (χ0) is 23.1. The summed E-state index contributed by atoms with van der Waals surface area (Å²) in [5.74, 6) is 1.43. The Balaban J connectivity index is 1.70. The third-order valence-electron chi connectivity index (χ3n) is 6.59. The number of rotatable bonds is 7. The van der Waals surface area contributed by atoms with Gasteiger partial charge in [-0.1, -0.05) is 24.3 Å². The SMILES string of the molecule is CC(C)(O)C(C)(C)OBc1cccc(Oc2cccc(B3OC(C)(C)C(C)(C)O3)c2)c1. The molecule has 0 saturated carbocycles. The second kappa shape index (κ2) is 8.28. The van der Waals surface area contributed by atoms with E-state index in [0.29, 0.717) is 19.0 Å². The van der Waals surface area contributed by atoms with Crippen molar-refractivity contribution >= 4 is 25.5 Å². The van der Waals surface area contributed by atoms with E-state index >= 15 is 0 Å². The van der Waals surface area contributed by atoms with Crippen molar-refractivity contribution in [2.45, 2.75) is 77.8 Å². The fraction of sp³-hybridized carbons (Fsp3) is 0.500. The predicted octanol–water partition coefficient (Wildman–Crippen LogP) is 3.32. The lowest BCUT2D eigenvalue weighted by atomic mass is 9.79. The van der Waals surface area contributed by atoms with Crippen LogP contribution in [0, 0.1) is 0 Å². The number of hydrogen-bond donors (Lipinski definition) is 1. The van der Waals surface area contributed by atoms with E-state index in [4.69, 9.17) is 18.7 Å². The van der Waals surface area contributed by atoms with Crippen LogP contribution in [0.15, 0.2) is 48.5 Å². The van der Waals surface area contributed by atoms with Crippen molar-refractivity contribution < 1.29 is 23.8 Å². The molecule has 1 aliphatic heterocycles. The summed E-state index contributed by atoms with van der Waals surface area (Å²) in [4.78, 5) is 0. The van der Waals surface area contributed by atoms with Crippen LogP contribution in [0.4, 0.5) is 0 Å². The quantitative estimate of drug-likeness (QED) is 0.692. The van der Waals surface area contributed by atoms with E-state index < -0.39 is 18.3 Å². The van der Waals surface area contributed by atoms with Crippen LogP contribution >= 0.6 is 0 Å². The highest BCUT2D eigenvalue weighted by Crippen LogP contribution is 2.36. The Morgan fingerprint density at radius 2 is 1.42 bits per heavy atom. The molecule has 0 amide bonds. The van der Waals surface area contributed by atoms with Crippen LogP contribution in [-0.4, -0.2) is 42.1 Å². The van der Waals surface area contributed by atoms with Gasteiger partial charge in [-0.05, 0) is 90.6 Å². The van der Waals surface area contributed by atoms with Crippen LogP contribution in [0.1, 0.15) is 55.4 Å².